The van der Waals surface area contributed by atoms with Gasteiger partial charge in [0, 0.05) is 11.1 Å². The maximum absolute atomic E-state index is 12.6. The van der Waals surface area contributed by atoms with Crippen LogP contribution in [0, 0.1) is 34.5 Å². The SMILES string of the molecule is CC1CC[C@H]2[C@@H]3CC=C4C=C(C(=O)OC(=O)NC(C)(C)C)CC[C@]4(C)[C@H]3CC[C@]12C. The van der Waals surface area contributed by atoms with Crippen LogP contribution in [0.3, 0.4) is 0 Å². The van der Waals surface area contributed by atoms with Gasteiger partial charge in [-0.05, 0) is 112 Å². The lowest BCUT2D eigenvalue weighted by molar-refractivity contribution is -0.133. The molecule has 0 radical (unpaired) electrons. The zero-order chi connectivity index (χ0) is 21.9. The summed E-state index contributed by atoms with van der Waals surface area (Å²) in [5.74, 6) is 2.68. The van der Waals surface area contributed by atoms with E-state index in [0.29, 0.717) is 23.3 Å². The summed E-state index contributed by atoms with van der Waals surface area (Å²) >= 11 is 0. The fourth-order valence-corrected chi connectivity index (χ4v) is 7.23. The molecule has 4 aliphatic rings. The van der Waals surface area contributed by atoms with Crippen molar-refractivity contribution < 1.29 is 14.3 Å². The molecule has 2 saturated carbocycles. The molecule has 4 heteroatoms. The highest BCUT2D eigenvalue weighted by Gasteiger charge is 2.57. The fraction of sp³-hybridized carbons (Fsp3) is 0.769. The molecule has 0 heterocycles. The average molecular weight is 414 g/mol. The van der Waals surface area contributed by atoms with Crippen molar-refractivity contribution in [1.29, 1.82) is 0 Å². The highest BCUT2D eigenvalue weighted by molar-refractivity contribution is 5.96. The highest BCUT2D eigenvalue weighted by atomic mass is 16.6. The van der Waals surface area contributed by atoms with Gasteiger partial charge in [-0.25, -0.2) is 9.59 Å². The van der Waals surface area contributed by atoms with Crippen molar-refractivity contribution in [1.82, 2.24) is 5.32 Å². The lowest BCUT2D eigenvalue weighted by atomic mass is 9.48. The van der Waals surface area contributed by atoms with E-state index in [1.165, 1.54) is 31.3 Å². The molecule has 30 heavy (non-hydrogen) atoms. The Morgan fingerprint density at radius 3 is 2.53 bits per heavy atom. The Bertz CT molecular complexity index is 804. The number of carbonyl (C=O) groups is 2. The van der Waals surface area contributed by atoms with Crippen molar-refractivity contribution in [2.45, 2.75) is 92.0 Å². The van der Waals surface area contributed by atoms with Crippen molar-refractivity contribution in [3.8, 4) is 0 Å². The van der Waals surface area contributed by atoms with Crippen molar-refractivity contribution in [3.05, 3.63) is 23.3 Å². The van der Waals surface area contributed by atoms with Gasteiger partial charge in [0.25, 0.3) is 0 Å². The molecule has 0 aromatic rings. The van der Waals surface area contributed by atoms with Crippen LogP contribution in [0.15, 0.2) is 23.3 Å². The number of hydrogen-bond acceptors (Lipinski definition) is 3. The maximum Gasteiger partial charge on any atom is 0.415 e. The summed E-state index contributed by atoms with van der Waals surface area (Å²) in [5.41, 5.74) is 2.17. The topological polar surface area (TPSA) is 55.4 Å². The Balaban J connectivity index is 1.52. The molecular formula is C26H39NO3. The standard InChI is InChI=1S/C26H39NO3/c1-16-7-10-20-19-9-8-18-15-17(22(28)30-23(29)27-24(2,3)4)11-13-26(18,6)21(19)12-14-25(16,20)5/h8,15-16,19-21H,7,9-14H2,1-6H3,(H,27,29)/t16?,19-,20-,21-,25+,26-/m0/s1. The Hall–Kier alpha value is -1.58. The number of alkyl carbamates (subject to hydrolysis) is 1. The van der Waals surface area contributed by atoms with Gasteiger partial charge in [-0.3, -0.25) is 0 Å². The summed E-state index contributed by atoms with van der Waals surface area (Å²) < 4.78 is 5.08. The van der Waals surface area contributed by atoms with E-state index in [9.17, 15) is 9.59 Å². The van der Waals surface area contributed by atoms with E-state index in [-0.39, 0.29) is 5.41 Å². The largest absolute Gasteiger partial charge is 0.415 e. The van der Waals surface area contributed by atoms with Gasteiger partial charge in [0.05, 0.1) is 0 Å². The number of rotatable bonds is 1. The van der Waals surface area contributed by atoms with Crippen LogP contribution in [-0.4, -0.2) is 17.6 Å². The first-order valence-corrected chi connectivity index (χ1v) is 11.9. The van der Waals surface area contributed by atoms with Gasteiger partial charge < -0.3 is 10.1 Å². The third-order valence-electron chi connectivity index (χ3n) is 9.17. The van der Waals surface area contributed by atoms with E-state index >= 15 is 0 Å². The highest BCUT2D eigenvalue weighted by Crippen LogP contribution is 2.65. The number of nitrogens with one attached hydrogen (secondary N) is 1. The molecule has 4 rings (SSSR count). The summed E-state index contributed by atoms with van der Waals surface area (Å²) in [4.78, 5) is 24.6. The molecule has 2 fully saturated rings. The summed E-state index contributed by atoms with van der Waals surface area (Å²) in [7, 11) is 0. The quantitative estimate of drug-likeness (QED) is 0.413. The third kappa shape index (κ3) is 3.54. The maximum atomic E-state index is 12.6. The lowest BCUT2D eigenvalue weighted by Gasteiger charge is -2.57. The zero-order valence-electron chi connectivity index (χ0n) is 19.6. The summed E-state index contributed by atoms with van der Waals surface area (Å²) in [5, 5.41) is 2.69. The van der Waals surface area contributed by atoms with Gasteiger partial charge in [-0.15, -0.1) is 0 Å². The smallest absolute Gasteiger partial charge is 0.373 e. The van der Waals surface area contributed by atoms with Crippen molar-refractivity contribution in [2.24, 2.45) is 34.5 Å². The summed E-state index contributed by atoms with van der Waals surface area (Å²) in [6.07, 6.45) is 12.0. The summed E-state index contributed by atoms with van der Waals surface area (Å²) in [6, 6.07) is 0. The fourth-order valence-electron chi connectivity index (χ4n) is 7.23. The van der Waals surface area contributed by atoms with Crippen molar-refractivity contribution >= 4 is 12.1 Å². The first kappa shape index (κ1) is 21.6. The first-order chi connectivity index (χ1) is 13.9. The van der Waals surface area contributed by atoms with Crippen LogP contribution in [0.1, 0.15) is 86.5 Å². The Morgan fingerprint density at radius 1 is 1.10 bits per heavy atom. The van der Waals surface area contributed by atoms with Crippen LogP contribution in [0.5, 0.6) is 0 Å². The number of fused-ring (bicyclic) bond motifs is 5. The number of allylic oxidation sites excluding steroid dienone is 3. The van der Waals surface area contributed by atoms with Gasteiger partial charge in [-0.1, -0.05) is 26.8 Å². The van der Waals surface area contributed by atoms with Gasteiger partial charge in [0.15, 0.2) is 0 Å². The second kappa shape index (κ2) is 7.24. The monoisotopic (exact) mass is 413 g/mol. The van der Waals surface area contributed by atoms with Gasteiger partial charge in [0.1, 0.15) is 0 Å². The molecule has 0 saturated heterocycles. The normalized spacial score (nSPS) is 40.3. The van der Waals surface area contributed by atoms with E-state index in [1.807, 2.05) is 26.8 Å². The molecular weight excluding hydrogens is 374 g/mol. The van der Waals surface area contributed by atoms with Gasteiger partial charge in [-0.2, -0.15) is 0 Å². The first-order valence-electron chi connectivity index (χ1n) is 11.9. The van der Waals surface area contributed by atoms with E-state index in [1.54, 1.807) is 0 Å². The predicted octanol–water partition coefficient (Wildman–Crippen LogP) is 6.17. The Morgan fingerprint density at radius 2 is 1.83 bits per heavy atom. The van der Waals surface area contributed by atoms with Crippen molar-refractivity contribution in [2.75, 3.05) is 0 Å². The second-order valence-corrected chi connectivity index (χ2v) is 11.9. The second-order valence-electron chi connectivity index (χ2n) is 11.9. The van der Waals surface area contributed by atoms with Crippen LogP contribution >= 0.6 is 0 Å². The minimum atomic E-state index is -0.665. The van der Waals surface area contributed by atoms with Crippen LogP contribution in [0.25, 0.3) is 0 Å². The molecule has 4 aliphatic carbocycles. The average Bonchev–Trinajstić information content (AvgIpc) is 2.94. The molecule has 0 bridgehead atoms. The predicted molar refractivity (Wildman–Crippen MR) is 119 cm³/mol. The molecule has 166 valence electrons. The molecule has 4 nitrogen and oxygen atoms in total. The Labute approximate surface area is 181 Å². The number of ether oxygens (including phenoxy) is 1. The zero-order valence-corrected chi connectivity index (χ0v) is 19.6. The van der Waals surface area contributed by atoms with E-state index < -0.39 is 17.6 Å². The minimum absolute atomic E-state index is 0.146. The minimum Gasteiger partial charge on any atom is -0.373 e. The number of esters is 1. The van der Waals surface area contributed by atoms with E-state index in [2.05, 4.69) is 32.2 Å². The van der Waals surface area contributed by atoms with E-state index in [0.717, 1.165) is 30.6 Å². The van der Waals surface area contributed by atoms with Crippen LogP contribution in [0.4, 0.5) is 4.79 Å². The van der Waals surface area contributed by atoms with Gasteiger partial charge in [0.2, 0.25) is 0 Å². The molecule has 0 aromatic carbocycles. The number of hydrogen-bond donors (Lipinski definition) is 1. The molecule has 1 N–H and O–H groups in total. The molecule has 1 unspecified atom stereocenters. The van der Waals surface area contributed by atoms with Crippen LogP contribution in [-0.2, 0) is 9.53 Å². The number of amides is 1. The van der Waals surface area contributed by atoms with Gasteiger partial charge >= 0.3 is 12.1 Å². The molecule has 0 aromatic heterocycles. The third-order valence-corrected chi connectivity index (χ3v) is 9.17. The summed E-state index contributed by atoms with van der Waals surface area (Å²) in [6.45, 7) is 13.0. The van der Waals surface area contributed by atoms with Crippen LogP contribution in [0.2, 0.25) is 0 Å². The van der Waals surface area contributed by atoms with Crippen molar-refractivity contribution in [3.63, 3.8) is 0 Å². The molecule has 6 atom stereocenters. The number of carbonyl (C=O) groups excluding carboxylic acids is 2. The van der Waals surface area contributed by atoms with Crippen LogP contribution < -0.4 is 5.32 Å². The lowest BCUT2D eigenvalue weighted by Crippen LogP contribution is -2.49. The molecule has 1 amide bonds. The Kier molecular flexibility index (Phi) is 5.22. The van der Waals surface area contributed by atoms with E-state index in [4.69, 9.17) is 4.74 Å². The molecule has 0 aliphatic heterocycles. The molecule has 0 spiro atoms.